The fraction of sp³-hybridized carbons (Fsp3) is 0.571. The molecule has 2 unspecified atom stereocenters. The second-order valence-electron chi connectivity index (χ2n) is 5.28. The molecule has 0 radical (unpaired) electrons. The molecule has 7 heteroatoms. The summed E-state index contributed by atoms with van der Waals surface area (Å²) in [6.07, 6.45) is -4.05. The zero-order valence-corrected chi connectivity index (χ0v) is 12.5. The lowest BCUT2D eigenvalue weighted by Gasteiger charge is -2.26. The van der Waals surface area contributed by atoms with Crippen LogP contribution in [0.5, 0.6) is 0 Å². The second-order valence-corrected chi connectivity index (χ2v) is 7.51. The van der Waals surface area contributed by atoms with Gasteiger partial charge in [-0.1, -0.05) is 25.1 Å². The molecule has 1 aromatic carbocycles. The summed E-state index contributed by atoms with van der Waals surface area (Å²) in [6.45, 7) is 2.28. The molecule has 1 aliphatic heterocycles. The van der Waals surface area contributed by atoms with Crippen molar-refractivity contribution in [1.29, 1.82) is 0 Å². The number of alkyl halides is 3. The van der Waals surface area contributed by atoms with E-state index in [1.165, 1.54) is 12.1 Å². The number of nitrogens with one attached hydrogen (secondary N) is 1. The molecular weight excluding hydrogens is 303 g/mol. The fourth-order valence-electron chi connectivity index (χ4n) is 2.86. The maximum Gasteiger partial charge on any atom is 0.416 e. The highest BCUT2D eigenvalue weighted by Gasteiger charge is 2.39. The van der Waals surface area contributed by atoms with Crippen LogP contribution in [0.4, 0.5) is 13.2 Å². The Morgan fingerprint density at radius 1 is 1.33 bits per heavy atom. The van der Waals surface area contributed by atoms with Crippen molar-refractivity contribution in [3.8, 4) is 0 Å². The quantitative estimate of drug-likeness (QED) is 0.927. The third kappa shape index (κ3) is 3.77. The van der Waals surface area contributed by atoms with Crippen molar-refractivity contribution < 1.29 is 21.6 Å². The van der Waals surface area contributed by atoms with Gasteiger partial charge >= 0.3 is 6.18 Å². The van der Waals surface area contributed by atoms with E-state index >= 15 is 0 Å². The molecule has 1 aliphatic rings. The summed E-state index contributed by atoms with van der Waals surface area (Å²) in [7, 11) is -3.14. The predicted octanol–water partition coefficient (Wildman–Crippen LogP) is 2.79. The molecule has 1 N–H and O–H groups in total. The Morgan fingerprint density at radius 3 is 2.52 bits per heavy atom. The van der Waals surface area contributed by atoms with Crippen LogP contribution < -0.4 is 5.32 Å². The molecule has 0 saturated carbocycles. The van der Waals surface area contributed by atoms with Gasteiger partial charge in [-0.2, -0.15) is 13.2 Å². The molecule has 21 heavy (non-hydrogen) atoms. The molecule has 2 rings (SSSR count). The summed E-state index contributed by atoms with van der Waals surface area (Å²) in [4.78, 5) is 0. The molecule has 1 saturated heterocycles. The molecule has 1 heterocycles. The van der Waals surface area contributed by atoms with Crippen molar-refractivity contribution in [2.45, 2.75) is 25.6 Å². The molecule has 0 amide bonds. The van der Waals surface area contributed by atoms with E-state index in [-0.39, 0.29) is 23.0 Å². The van der Waals surface area contributed by atoms with E-state index in [0.717, 1.165) is 6.07 Å². The standard InChI is InChI=1S/C14H18F3NO2S/c1-2-18-13(10-7-8-21(19,20)9-10)11-5-3-4-6-12(11)14(15,16)17/h3-6,10,13,18H,2,7-9H2,1H3. The van der Waals surface area contributed by atoms with Gasteiger partial charge in [0.1, 0.15) is 0 Å². The number of hydrogen-bond donors (Lipinski definition) is 1. The highest BCUT2D eigenvalue weighted by Crippen LogP contribution is 2.39. The minimum absolute atomic E-state index is 0.0494. The van der Waals surface area contributed by atoms with Crippen LogP contribution in [0.15, 0.2) is 24.3 Å². The Morgan fingerprint density at radius 2 is 2.00 bits per heavy atom. The van der Waals surface area contributed by atoms with Gasteiger partial charge in [0.2, 0.25) is 0 Å². The van der Waals surface area contributed by atoms with Gasteiger partial charge in [-0.25, -0.2) is 8.42 Å². The SMILES string of the molecule is CCNC(c1ccccc1C(F)(F)F)C1CCS(=O)(=O)C1. The molecule has 118 valence electrons. The lowest BCUT2D eigenvalue weighted by molar-refractivity contribution is -0.138. The first kappa shape index (κ1) is 16.3. The van der Waals surface area contributed by atoms with Gasteiger partial charge in [0.15, 0.2) is 9.84 Å². The van der Waals surface area contributed by atoms with E-state index in [1.54, 1.807) is 13.0 Å². The van der Waals surface area contributed by atoms with Gasteiger partial charge in [-0.3, -0.25) is 0 Å². The van der Waals surface area contributed by atoms with Crippen LogP contribution >= 0.6 is 0 Å². The normalized spacial score (nSPS) is 23.1. The largest absolute Gasteiger partial charge is 0.416 e. The van der Waals surface area contributed by atoms with Crippen molar-refractivity contribution >= 4 is 9.84 Å². The molecular formula is C14H18F3NO2S. The number of halogens is 3. The molecule has 0 aliphatic carbocycles. The lowest BCUT2D eigenvalue weighted by atomic mass is 9.89. The van der Waals surface area contributed by atoms with Crippen LogP contribution in [0.25, 0.3) is 0 Å². The highest BCUT2D eigenvalue weighted by atomic mass is 32.2. The molecule has 2 atom stereocenters. The second kappa shape index (κ2) is 5.96. The zero-order valence-electron chi connectivity index (χ0n) is 11.7. The fourth-order valence-corrected chi connectivity index (χ4v) is 4.70. The monoisotopic (exact) mass is 321 g/mol. The summed E-state index contributed by atoms with van der Waals surface area (Å²) in [6, 6.07) is 4.79. The summed E-state index contributed by atoms with van der Waals surface area (Å²) < 4.78 is 62.7. The number of hydrogen-bond acceptors (Lipinski definition) is 3. The van der Waals surface area contributed by atoms with Crippen LogP contribution in [0, 0.1) is 5.92 Å². The van der Waals surface area contributed by atoms with Crippen molar-refractivity contribution in [2.75, 3.05) is 18.1 Å². The first-order chi connectivity index (χ1) is 9.74. The van der Waals surface area contributed by atoms with Gasteiger partial charge in [0.05, 0.1) is 17.1 Å². The van der Waals surface area contributed by atoms with Crippen LogP contribution in [-0.4, -0.2) is 26.5 Å². The predicted molar refractivity (Wildman–Crippen MR) is 74.6 cm³/mol. The van der Waals surface area contributed by atoms with Gasteiger partial charge < -0.3 is 5.32 Å². The molecule has 1 fully saturated rings. The number of rotatable bonds is 4. The van der Waals surface area contributed by atoms with Gasteiger partial charge in [0.25, 0.3) is 0 Å². The molecule has 3 nitrogen and oxygen atoms in total. The zero-order chi connectivity index (χ0) is 15.7. The molecule has 0 aromatic heterocycles. The average Bonchev–Trinajstić information content (AvgIpc) is 2.75. The first-order valence-electron chi connectivity index (χ1n) is 6.84. The Hall–Kier alpha value is -1.08. The third-order valence-electron chi connectivity index (χ3n) is 3.76. The van der Waals surface area contributed by atoms with Crippen molar-refractivity contribution in [1.82, 2.24) is 5.32 Å². The molecule has 1 aromatic rings. The van der Waals surface area contributed by atoms with Crippen molar-refractivity contribution in [3.63, 3.8) is 0 Å². The van der Waals surface area contributed by atoms with E-state index in [9.17, 15) is 21.6 Å². The maximum atomic E-state index is 13.1. The minimum atomic E-state index is -4.44. The van der Waals surface area contributed by atoms with Crippen LogP contribution in [0.1, 0.15) is 30.5 Å². The summed E-state index contributed by atoms with van der Waals surface area (Å²) in [5.74, 6) is -0.330. The van der Waals surface area contributed by atoms with Crippen molar-refractivity contribution in [3.05, 3.63) is 35.4 Å². The number of sulfone groups is 1. The van der Waals surface area contributed by atoms with E-state index in [1.807, 2.05) is 0 Å². The Balaban J connectivity index is 2.40. The number of benzene rings is 1. The van der Waals surface area contributed by atoms with E-state index in [0.29, 0.717) is 13.0 Å². The molecule has 0 spiro atoms. The van der Waals surface area contributed by atoms with Gasteiger partial charge in [-0.05, 0) is 30.5 Å². The van der Waals surface area contributed by atoms with Gasteiger partial charge in [0, 0.05) is 6.04 Å². The van der Waals surface area contributed by atoms with Crippen LogP contribution in [0.2, 0.25) is 0 Å². The van der Waals surface area contributed by atoms with E-state index < -0.39 is 27.6 Å². The highest BCUT2D eigenvalue weighted by molar-refractivity contribution is 7.91. The Kier molecular flexibility index (Phi) is 4.63. The summed E-state index contributed by atoms with van der Waals surface area (Å²) in [5, 5.41) is 3.03. The first-order valence-corrected chi connectivity index (χ1v) is 8.66. The van der Waals surface area contributed by atoms with Crippen LogP contribution in [0.3, 0.4) is 0 Å². The third-order valence-corrected chi connectivity index (χ3v) is 5.56. The summed E-state index contributed by atoms with van der Waals surface area (Å²) in [5.41, 5.74) is -0.561. The van der Waals surface area contributed by atoms with Crippen molar-refractivity contribution in [2.24, 2.45) is 5.92 Å². The maximum absolute atomic E-state index is 13.1. The van der Waals surface area contributed by atoms with Crippen LogP contribution in [-0.2, 0) is 16.0 Å². The minimum Gasteiger partial charge on any atom is -0.310 e. The Bertz CT molecular complexity index is 598. The smallest absolute Gasteiger partial charge is 0.310 e. The summed E-state index contributed by atoms with van der Waals surface area (Å²) >= 11 is 0. The molecule has 0 bridgehead atoms. The average molecular weight is 321 g/mol. The topological polar surface area (TPSA) is 46.2 Å². The lowest BCUT2D eigenvalue weighted by Crippen LogP contribution is -2.31. The van der Waals surface area contributed by atoms with E-state index in [4.69, 9.17) is 0 Å². The van der Waals surface area contributed by atoms with E-state index in [2.05, 4.69) is 5.32 Å². The Labute approximate surface area is 122 Å². The van der Waals surface area contributed by atoms with Gasteiger partial charge in [-0.15, -0.1) is 0 Å².